The summed E-state index contributed by atoms with van der Waals surface area (Å²) in [6.07, 6.45) is 4.56. The third-order valence-electron chi connectivity index (χ3n) is 2.85. The summed E-state index contributed by atoms with van der Waals surface area (Å²) >= 11 is 0. The molecule has 0 bridgehead atoms. The van der Waals surface area contributed by atoms with E-state index < -0.39 is 0 Å². The van der Waals surface area contributed by atoms with Gasteiger partial charge in [-0.15, -0.1) is 0 Å². The molecule has 0 saturated carbocycles. The Morgan fingerprint density at radius 2 is 2.40 bits per heavy atom. The van der Waals surface area contributed by atoms with E-state index in [1.54, 1.807) is 12.5 Å². The minimum Gasteiger partial charge on any atom is -0.469 e. The highest BCUT2D eigenvalue weighted by atomic mass is 16.3. The molecule has 0 amide bonds. The molecule has 0 spiro atoms. The Labute approximate surface area is 86.3 Å². The largest absolute Gasteiger partial charge is 0.469 e. The minimum absolute atomic E-state index is 0.145. The number of furan rings is 1. The zero-order valence-corrected chi connectivity index (χ0v) is 8.06. The van der Waals surface area contributed by atoms with Crippen molar-refractivity contribution in [1.29, 1.82) is 0 Å². The molecule has 0 aromatic carbocycles. The molecule has 1 unspecified atom stereocenters. The maximum atomic E-state index is 11.8. The van der Waals surface area contributed by atoms with E-state index in [-0.39, 0.29) is 11.7 Å². The Kier molecular flexibility index (Phi) is 1.74. The van der Waals surface area contributed by atoms with Crippen molar-refractivity contribution in [3.8, 4) is 0 Å². The Morgan fingerprint density at radius 3 is 3.20 bits per heavy atom. The van der Waals surface area contributed by atoms with Gasteiger partial charge in [-0.3, -0.25) is 9.89 Å². The molecule has 0 aliphatic heterocycles. The quantitative estimate of drug-likeness (QED) is 0.768. The molecule has 76 valence electrons. The normalized spacial score (nSPS) is 20.3. The first-order valence-electron chi connectivity index (χ1n) is 4.93. The van der Waals surface area contributed by atoms with Gasteiger partial charge in [0, 0.05) is 24.5 Å². The number of ketones is 1. The highest BCUT2D eigenvalue weighted by molar-refractivity contribution is 5.98. The van der Waals surface area contributed by atoms with Crippen molar-refractivity contribution in [2.75, 3.05) is 0 Å². The predicted octanol–water partition coefficient (Wildman–Crippen LogP) is 1.92. The van der Waals surface area contributed by atoms with Crippen LogP contribution in [-0.2, 0) is 6.42 Å². The number of aromatic amines is 1. The van der Waals surface area contributed by atoms with Crippen LogP contribution >= 0.6 is 0 Å². The van der Waals surface area contributed by atoms with E-state index in [2.05, 4.69) is 10.2 Å². The fourth-order valence-corrected chi connectivity index (χ4v) is 2.09. The van der Waals surface area contributed by atoms with Gasteiger partial charge in [-0.25, -0.2) is 0 Å². The van der Waals surface area contributed by atoms with Gasteiger partial charge < -0.3 is 4.42 Å². The Balaban J connectivity index is 1.96. The van der Waals surface area contributed by atoms with Crippen LogP contribution in [0.2, 0.25) is 0 Å². The summed E-state index contributed by atoms with van der Waals surface area (Å²) in [4.78, 5) is 11.8. The van der Waals surface area contributed by atoms with Crippen molar-refractivity contribution in [3.05, 3.63) is 41.6 Å². The molecule has 2 aromatic rings. The minimum atomic E-state index is 0.145. The molecule has 2 heterocycles. The molecule has 1 aliphatic carbocycles. The molecule has 0 fully saturated rings. The molecule has 1 N–H and O–H groups in total. The number of carbonyl (C=O) groups excluding carboxylic acids is 1. The van der Waals surface area contributed by atoms with Crippen LogP contribution in [0.4, 0.5) is 0 Å². The highest BCUT2D eigenvalue weighted by Crippen LogP contribution is 2.31. The molecule has 15 heavy (non-hydrogen) atoms. The van der Waals surface area contributed by atoms with Crippen molar-refractivity contribution in [1.82, 2.24) is 10.2 Å². The molecular weight excluding hydrogens is 192 g/mol. The number of Topliss-reactive ketones (excluding diaryl/α,β-unsaturated/α-hetero) is 1. The highest BCUT2D eigenvalue weighted by Gasteiger charge is 2.28. The summed E-state index contributed by atoms with van der Waals surface area (Å²) in [5.74, 6) is 1.18. The second kappa shape index (κ2) is 3.08. The van der Waals surface area contributed by atoms with Crippen LogP contribution in [0.3, 0.4) is 0 Å². The standard InChI is InChI=1S/C11H10N2O2/c14-10-5-7(11-2-1-3-15-11)4-9-8(10)6-12-13-9/h1-3,6-7H,4-5H2,(H,12,13). The van der Waals surface area contributed by atoms with Crippen LogP contribution in [0.15, 0.2) is 29.0 Å². The zero-order chi connectivity index (χ0) is 10.3. The zero-order valence-electron chi connectivity index (χ0n) is 8.06. The number of nitrogens with one attached hydrogen (secondary N) is 1. The number of H-pyrrole nitrogens is 1. The van der Waals surface area contributed by atoms with Crippen molar-refractivity contribution in [3.63, 3.8) is 0 Å². The predicted molar refractivity (Wildman–Crippen MR) is 52.7 cm³/mol. The van der Waals surface area contributed by atoms with Crippen molar-refractivity contribution < 1.29 is 9.21 Å². The second-order valence-corrected chi connectivity index (χ2v) is 3.81. The smallest absolute Gasteiger partial charge is 0.167 e. The van der Waals surface area contributed by atoms with E-state index in [4.69, 9.17) is 4.42 Å². The van der Waals surface area contributed by atoms with E-state index in [9.17, 15) is 4.79 Å². The summed E-state index contributed by atoms with van der Waals surface area (Å²) in [6, 6.07) is 3.77. The van der Waals surface area contributed by atoms with Gasteiger partial charge in [0.2, 0.25) is 0 Å². The lowest BCUT2D eigenvalue weighted by molar-refractivity contribution is 0.0960. The number of hydrogen-bond acceptors (Lipinski definition) is 3. The summed E-state index contributed by atoms with van der Waals surface area (Å²) in [6.45, 7) is 0. The van der Waals surface area contributed by atoms with Crippen LogP contribution < -0.4 is 0 Å². The molecule has 0 saturated heterocycles. The summed E-state index contributed by atoms with van der Waals surface area (Å²) in [5, 5.41) is 6.76. The first-order chi connectivity index (χ1) is 7.34. The van der Waals surface area contributed by atoms with Gasteiger partial charge in [-0.2, -0.15) is 5.10 Å². The lowest BCUT2D eigenvalue weighted by Crippen LogP contribution is -2.17. The molecule has 3 rings (SSSR count). The Bertz CT molecular complexity index is 484. The average Bonchev–Trinajstić information content (AvgIpc) is 2.88. The SMILES string of the molecule is O=C1CC(c2ccco2)Cc2[nH]ncc21. The van der Waals surface area contributed by atoms with Crippen LogP contribution in [0.1, 0.15) is 34.2 Å². The number of carbonyl (C=O) groups is 1. The van der Waals surface area contributed by atoms with Crippen molar-refractivity contribution in [2.45, 2.75) is 18.8 Å². The first kappa shape index (κ1) is 8.47. The lowest BCUT2D eigenvalue weighted by atomic mass is 9.86. The van der Waals surface area contributed by atoms with Gasteiger partial charge in [-0.1, -0.05) is 0 Å². The van der Waals surface area contributed by atoms with Crippen molar-refractivity contribution in [2.24, 2.45) is 0 Å². The molecular formula is C11H10N2O2. The Hall–Kier alpha value is -1.84. The molecule has 1 aliphatic rings. The van der Waals surface area contributed by atoms with Gasteiger partial charge in [0.25, 0.3) is 0 Å². The number of hydrogen-bond donors (Lipinski definition) is 1. The van der Waals surface area contributed by atoms with E-state index in [1.807, 2.05) is 12.1 Å². The third-order valence-corrected chi connectivity index (χ3v) is 2.85. The average molecular weight is 202 g/mol. The van der Waals surface area contributed by atoms with Gasteiger partial charge in [0.15, 0.2) is 5.78 Å². The van der Waals surface area contributed by atoms with Crippen LogP contribution in [0.25, 0.3) is 0 Å². The van der Waals surface area contributed by atoms with Crippen LogP contribution in [-0.4, -0.2) is 16.0 Å². The van der Waals surface area contributed by atoms with Gasteiger partial charge in [0.1, 0.15) is 5.76 Å². The molecule has 1 atom stereocenters. The molecule has 4 heteroatoms. The number of rotatable bonds is 1. The van der Waals surface area contributed by atoms with E-state index in [0.29, 0.717) is 6.42 Å². The fourth-order valence-electron chi connectivity index (χ4n) is 2.09. The summed E-state index contributed by atoms with van der Waals surface area (Å²) in [7, 11) is 0. The molecule has 0 radical (unpaired) electrons. The number of nitrogens with zero attached hydrogens (tertiary/aromatic N) is 1. The van der Waals surface area contributed by atoms with Crippen LogP contribution in [0.5, 0.6) is 0 Å². The molecule has 2 aromatic heterocycles. The second-order valence-electron chi connectivity index (χ2n) is 3.81. The van der Waals surface area contributed by atoms with Crippen molar-refractivity contribution >= 4 is 5.78 Å². The maximum Gasteiger partial charge on any atom is 0.167 e. The van der Waals surface area contributed by atoms with Gasteiger partial charge >= 0.3 is 0 Å². The number of aromatic nitrogens is 2. The first-order valence-corrected chi connectivity index (χ1v) is 4.93. The summed E-state index contributed by atoms with van der Waals surface area (Å²) < 4.78 is 5.33. The Morgan fingerprint density at radius 1 is 1.47 bits per heavy atom. The molecule has 4 nitrogen and oxygen atoms in total. The van der Waals surface area contributed by atoms with E-state index in [0.717, 1.165) is 23.4 Å². The third kappa shape index (κ3) is 1.29. The topological polar surface area (TPSA) is 58.9 Å². The van der Waals surface area contributed by atoms with Gasteiger partial charge in [0.05, 0.1) is 18.0 Å². The lowest BCUT2D eigenvalue weighted by Gasteiger charge is -2.18. The monoisotopic (exact) mass is 202 g/mol. The van der Waals surface area contributed by atoms with E-state index >= 15 is 0 Å². The van der Waals surface area contributed by atoms with Crippen LogP contribution in [0, 0.1) is 0 Å². The van der Waals surface area contributed by atoms with Gasteiger partial charge in [-0.05, 0) is 12.1 Å². The van der Waals surface area contributed by atoms with E-state index in [1.165, 1.54) is 0 Å². The maximum absolute atomic E-state index is 11.8. The fraction of sp³-hybridized carbons (Fsp3) is 0.273. The summed E-state index contributed by atoms with van der Waals surface area (Å²) in [5.41, 5.74) is 1.66. The number of fused-ring (bicyclic) bond motifs is 1.